The molecular formula is C27H34N4O4S. The van der Waals surface area contributed by atoms with Crippen molar-refractivity contribution in [2.24, 2.45) is 0 Å². The van der Waals surface area contributed by atoms with E-state index < -0.39 is 15.6 Å². The predicted molar refractivity (Wildman–Crippen MR) is 142 cm³/mol. The first-order valence-corrected chi connectivity index (χ1v) is 13.2. The van der Waals surface area contributed by atoms with Crippen LogP contribution in [0, 0.1) is 0 Å². The molecule has 0 spiro atoms. The Morgan fingerprint density at radius 1 is 0.972 bits per heavy atom. The van der Waals surface area contributed by atoms with Crippen molar-refractivity contribution in [2.45, 2.75) is 37.8 Å². The average molecular weight is 511 g/mol. The molecule has 0 saturated heterocycles. The van der Waals surface area contributed by atoms with Gasteiger partial charge in [-0.1, -0.05) is 24.3 Å². The van der Waals surface area contributed by atoms with Gasteiger partial charge in [-0.15, -0.1) is 0 Å². The number of carbonyl (C=O) groups is 1. The van der Waals surface area contributed by atoms with Crippen LogP contribution in [0.25, 0.3) is 0 Å². The van der Waals surface area contributed by atoms with Crippen LogP contribution in [-0.2, 0) is 27.0 Å². The smallest absolute Gasteiger partial charge is 0.264 e. The second kappa shape index (κ2) is 11.1. The minimum atomic E-state index is -4.10. The molecule has 0 radical (unpaired) electrons. The molecule has 36 heavy (non-hydrogen) atoms. The van der Waals surface area contributed by atoms with Gasteiger partial charge in [-0.25, -0.2) is 8.42 Å². The van der Waals surface area contributed by atoms with Gasteiger partial charge in [-0.2, -0.15) is 0 Å². The second-order valence-electron chi connectivity index (χ2n) is 9.24. The van der Waals surface area contributed by atoms with Crippen LogP contribution in [0.2, 0.25) is 0 Å². The van der Waals surface area contributed by atoms with E-state index >= 15 is 0 Å². The first kappa shape index (κ1) is 27.2. The van der Waals surface area contributed by atoms with Crippen molar-refractivity contribution in [1.29, 1.82) is 0 Å². The molecule has 1 N–H and O–H groups in total. The molecule has 2 aromatic carbocycles. The number of nitrogens with zero attached hydrogens (tertiary/aromatic N) is 4. The summed E-state index contributed by atoms with van der Waals surface area (Å²) in [6.45, 7) is 5.43. The largest absolute Gasteiger partial charge is 0.386 e. The number of anilines is 2. The van der Waals surface area contributed by atoms with Crippen molar-refractivity contribution in [3.05, 3.63) is 84.2 Å². The maximum atomic E-state index is 13.8. The molecule has 0 atom stereocenters. The number of pyridine rings is 1. The van der Waals surface area contributed by atoms with Crippen LogP contribution in [0.15, 0.2) is 77.8 Å². The molecule has 3 rings (SSSR count). The summed E-state index contributed by atoms with van der Waals surface area (Å²) in [6, 6.07) is 18.6. The molecule has 192 valence electrons. The highest BCUT2D eigenvalue weighted by Gasteiger charge is 2.30. The number of hydrogen-bond donors (Lipinski definition) is 1. The van der Waals surface area contributed by atoms with Gasteiger partial charge in [-0.3, -0.25) is 14.1 Å². The monoisotopic (exact) mass is 510 g/mol. The Morgan fingerprint density at radius 3 is 2.19 bits per heavy atom. The van der Waals surface area contributed by atoms with Crippen LogP contribution in [0.3, 0.4) is 0 Å². The van der Waals surface area contributed by atoms with Crippen molar-refractivity contribution in [1.82, 2.24) is 9.88 Å². The van der Waals surface area contributed by atoms with E-state index in [1.54, 1.807) is 61.3 Å². The van der Waals surface area contributed by atoms with Gasteiger partial charge in [0.05, 0.1) is 28.4 Å². The lowest BCUT2D eigenvalue weighted by molar-refractivity contribution is -0.130. The topological polar surface area (TPSA) is 94.1 Å². The summed E-state index contributed by atoms with van der Waals surface area (Å²) in [4.78, 5) is 21.2. The maximum absolute atomic E-state index is 13.8. The van der Waals surface area contributed by atoms with Crippen molar-refractivity contribution in [2.75, 3.05) is 36.4 Å². The first-order chi connectivity index (χ1) is 16.9. The summed E-state index contributed by atoms with van der Waals surface area (Å²) < 4.78 is 28.8. The van der Waals surface area contributed by atoms with Crippen molar-refractivity contribution < 1.29 is 18.3 Å². The number of amides is 1. The molecule has 0 bridgehead atoms. The summed E-state index contributed by atoms with van der Waals surface area (Å²) in [5.74, 6) is -0.338. The Labute approximate surface area is 213 Å². The third-order valence-corrected chi connectivity index (χ3v) is 7.66. The molecule has 8 nitrogen and oxygen atoms in total. The molecule has 3 aromatic rings. The fourth-order valence-electron chi connectivity index (χ4n) is 3.69. The normalized spacial score (nSPS) is 11.7. The fourth-order valence-corrected chi connectivity index (χ4v) is 5.10. The zero-order valence-corrected chi connectivity index (χ0v) is 22.2. The molecule has 1 amide bonds. The van der Waals surface area contributed by atoms with Gasteiger partial charge in [0, 0.05) is 32.5 Å². The third kappa shape index (κ3) is 6.41. The number of carbonyl (C=O) groups excluding carboxylic acids is 1. The molecule has 9 heteroatoms. The van der Waals surface area contributed by atoms with Gasteiger partial charge in [-0.05, 0) is 68.8 Å². The third-order valence-electron chi connectivity index (χ3n) is 5.88. The van der Waals surface area contributed by atoms with Crippen LogP contribution in [-0.4, -0.2) is 56.5 Å². The van der Waals surface area contributed by atoms with Gasteiger partial charge in [0.15, 0.2) is 0 Å². The molecule has 0 aliphatic rings. The highest BCUT2D eigenvalue weighted by molar-refractivity contribution is 7.92. The van der Waals surface area contributed by atoms with Crippen LogP contribution < -0.4 is 9.21 Å². The second-order valence-corrected chi connectivity index (χ2v) is 11.1. The highest BCUT2D eigenvalue weighted by atomic mass is 32.2. The molecule has 0 aliphatic carbocycles. The number of aliphatic hydroxyl groups is 1. The minimum Gasteiger partial charge on any atom is -0.386 e. The quantitative estimate of drug-likeness (QED) is 0.448. The number of rotatable bonds is 10. The van der Waals surface area contributed by atoms with Gasteiger partial charge in [0.2, 0.25) is 5.91 Å². The first-order valence-electron chi connectivity index (χ1n) is 11.7. The highest BCUT2D eigenvalue weighted by Crippen LogP contribution is 2.29. The van der Waals surface area contributed by atoms with Crippen LogP contribution in [0.1, 0.15) is 32.0 Å². The number of benzene rings is 2. The lowest BCUT2D eigenvalue weighted by Gasteiger charge is -2.29. The Kier molecular flexibility index (Phi) is 8.37. The molecule has 0 unspecified atom stereocenters. The minimum absolute atomic E-state index is 0.0336. The van der Waals surface area contributed by atoms with Crippen LogP contribution in [0.5, 0.6) is 0 Å². The van der Waals surface area contributed by atoms with Crippen molar-refractivity contribution in [3.8, 4) is 0 Å². The standard InChI is InChI=1S/C27H34N4O4S/c1-6-30(19-22-10-7-8-17-28-22)26(32)20-31(24-12-9-11-23(18-24)29(4)5)36(34,35)25-15-13-21(14-16-25)27(2,3)33/h7-18,33H,6,19-20H2,1-5H3. The van der Waals surface area contributed by atoms with E-state index in [0.717, 1.165) is 15.7 Å². The molecule has 0 fully saturated rings. The summed E-state index contributed by atoms with van der Waals surface area (Å²) in [6.07, 6.45) is 1.66. The number of aromatic nitrogens is 1. The zero-order chi connectivity index (χ0) is 26.5. The Hall–Kier alpha value is -3.43. The number of sulfonamides is 1. The zero-order valence-electron chi connectivity index (χ0n) is 21.4. The van der Waals surface area contributed by atoms with E-state index in [4.69, 9.17) is 0 Å². The molecule has 0 aliphatic heterocycles. The lowest BCUT2D eigenvalue weighted by atomic mass is 9.99. The number of hydrogen-bond acceptors (Lipinski definition) is 6. The number of likely N-dealkylation sites (N-methyl/N-ethyl adjacent to an activating group) is 1. The van der Waals surface area contributed by atoms with Crippen LogP contribution >= 0.6 is 0 Å². The summed E-state index contributed by atoms with van der Waals surface area (Å²) in [7, 11) is -0.368. The molecule has 0 saturated carbocycles. The average Bonchev–Trinajstić information content (AvgIpc) is 2.85. The van der Waals surface area contributed by atoms with E-state index in [-0.39, 0.29) is 23.9 Å². The Bertz CT molecular complexity index is 1270. The summed E-state index contributed by atoms with van der Waals surface area (Å²) in [5.41, 5.74) is 1.39. The summed E-state index contributed by atoms with van der Waals surface area (Å²) >= 11 is 0. The fraction of sp³-hybridized carbons (Fsp3) is 0.333. The van der Waals surface area contributed by atoms with E-state index in [1.165, 1.54) is 12.1 Å². The van der Waals surface area contributed by atoms with Gasteiger partial charge in [0.25, 0.3) is 10.0 Å². The van der Waals surface area contributed by atoms with Gasteiger partial charge in [0.1, 0.15) is 6.54 Å². The molecular weight excluding hydrogens is 476 g/mol. The Morgan fingerprint density at radius 2 is 1.64 bits per heavy atom. The van der Waals surface area contributed by atoms with Gasteiger partial charge >= 0.3 is 0 Å². The molecule has 1 aromatic heterocycles. The Balaban J connectivity index is 2.00. The summed E-state index contributed by atoms with van der Waals surface area (Å²) in [5, 5.41) is 10.3. The lowest BCUT2D eigenvalue weighted by Crippen LogP contribution is -2.43. The SMILES string of the molecule is CCN(Cc1ccccn1)C(=O)CN(c1cccc(N(C)C)c1)S(=O)(=O)c1ccc(C(C)(C)O)cc1. The maximum Gasteiger partial charge on any atom is 0.264 e. The van der Waals surface area contributed by atoms with Gasteiger partial charge < -0.3 is 14.9 Å². The van der Waals surface area contributed by atoms with Crippen molar-refractivity contribution in [3.63, 3.8) is 0 Å². The van der Waals surface area contributed by atoms with Crippen LogP contribution in [0.4, 0.5) is 11.4 Å². The predicted octanol–water partition coefficient (Wildman–Crippen LogP) is 3.62. The van der Waals surface area contributed by atoms with E-state index in [9.17, 15) is 18.3 Å². The van der Waals surface area contributed by atoms with Crippen molar-refractivity contribution >= 4 is 27.3 Å². The van der Waals surface area contributed by atoms with E-state index in [0.29, 0.717) is 17.8 Å². The molecule has 1 heterocycles. The van der Waals surface area contributed by atoms with E-state index in [1.807, 2.05) is 44.1 Å². The van der Waals surface area contributed by atoms with E-state index in [2.05, 4.69) is 4.98 Å².